The van der Waals surface area contributed by atoms with Crippen LogP contribution in [-0.4, -0.2) is 48.8 Å². The monoisotopic (exact) mass is 329 g/mol. The average molecular weight is 330 g/mol. The van der Waals surface area contributed by atoms with Gasteiger partial charge in [-0.1, -0.05) is 0 Å². The number of ether oxygens (including phenoxy) is 1. The van der Waals surface area contributed by atoms with E-state index < -0.39 is 18.4 Å². The minimum absolute atomic E-state index is 0.241. The van der Waals surface area contributed by atoms with Gasteiger partial charge in [0.05, 0.1) is 18.1 Å². The predicted molar refractivity (Wildman–Crippen MR) is 69.1 cm³/mol. The van der Waals surface area contributed by atoms with Gasteiger partial charge >= 0.3 is 0 Å². The lowest BCUT2D eigenvalue weighted by Crippen LogP contribution is -2.24. The summed E-state index contributed by atoms with van der Waals surface area (Å²) in [5.74, 6) is 0.320. The van der Waals surface area contributed by atoms with Gasteiger partial charge in [-0.2, -0.15) is 5.10 Å². The number of hydrogen-bond acceptors (Lipinski definition) is 7. The Balaban J connectivity index is 2.05. The SMILES string of the molecule is Nc1ncnc2c1c(Br)nn2[C@H]1C[C@H](O)[C@@H](CO)O1. The van der Waals surface area contributed by atoms with Crippen molar-refractivity contribution in [2.24, 2.45) is 0 Å². The summed E-state index contributed by atoms with van der Waals surface area (Å²) in [5, 5.41) is 23.7. The standard InChI is InChI=1S/C10H12BrN5O3/c11-8-7-9(12)13-3-14-10(7)16(15-8)6-1-4(18)5(2-17)19-6/h3-6,17-18H,1-2H2,(H2,12,13,14)/t4-,5+,6+/m0/s1. The number of nitrogens with zero attached hydrogens (tertiary/aromatic N) is 4. The van der Waals surface area contributed by atoms with Crippen molar-refractivity contribution in [1.29, 1.82) is 0 Å². The summed E-state index contributed by atoms with van der Waals surface area (Å²) in [6.07, 6.45) is -0.153. The maximum absolute atomic E-state index is 9.76. The van der Waals surface area contributed by atoms with Crippen LogP contribution in [0.3, 0.4) is 0 Å². The number of aliphatic hydroxyl groups excluding tert-OH is 2. The summed E-state index contributed by atoms with van der Waals surface area (Å²) < 4.78 is 7.61. The molecular formula is C10H12BrN5O3. The number of aromatic nitrogens is 4. The summed E-state index contributed by atoms with van der Waals surface area (Å²) in [6.45, 7) is -0.241. The molecule has 3 heterocycles. The van der Waals surface area contributed by atoms with Crippen molar-refractivity contribution in [1.82, 2.24) is 19.7 Å². The zero-order valence-electron chi connectivity index (χ0n) is 9.77. The van der Waals surface area contributed by atoms with Gasteiger partial charge in [0.25, 0.3) is 0 Å². The molecule has 0 aliphatic carbocycles. The third-order valence-corrected chi connectivity index (χ3v) is 3.69. The van der Waals surface area contributed by atoms with Gasteiger partial charge < -0.3 is 20.7 Å². The molecule has 0 bridgehead atoms. The van der Waals surface area contributed by atoms with Crippen molar-refractivity contribution in [3.05, 3.63) is 10.9 Å². The van der Waals surface area contributed by atoms with Crippen molar-refractivity contribution in [3.63, 3.8) is 0 Å². The van der Waals surface area contributed by atoms with Crippen LogP contribution in [0.25, 0.3) is 11.0 Å². The van der Waals surface area contributed by atoms with Crippen molar-refractivity contribution < 1.29 is 14.9 Å². The fourth-order valence-electron chi connectivity index (χ4n) is 2.18. The normalized spacial score (nSPS) is 27.2. The molecule has 1 fully saturated rings. The smallest absolute Gasteiger partial charge is 0.167 e. The molecule has 102 valence electrons. The van der Waals surface area contributed by atoms with Crippen molar-refractivity contribution >= 4 is 32.8 Å². The van der Waals surface area contributed by atoms with Crippen molar-refractivity contribution in [3.8, 4) is 0 Å². The summed E-state index contributed by atoms with van der Waals surface area (Å²) in [4.78, 5) is 8.05. The molecular weight excluding hydrogens is 318 g/mol. The fraction of sp³-hybridized carbons (Fsp3) is 0.500. The second kappa shape index (κ2) is 4.67. The highest BCUT2D eigenvalue weighted by molar-refractivity contribution is 9.10. The van der Waals surface area contributed by atoms with Crippen molar-refractivity contribution in [2.75, 3.05) is 12.3 Å². The summed E-state index contributed by atoms with van der Waals surface area (Å²) in [7, 11) is 0. The van der Waals surface area contributed by atoms with Gasteiger partial charge in [-0.15, -0.1) is 0 Å². The molecule has 3 rings (SSSR count). The van der Waals surface area contributed by atoms with Crippen molar-refractivity contribution in [2.45, 2.75) is 24.9 Å². The first-order valence-electron chi connectivity index (χ1n) is 5.70. The Bertz CT molecular complexity index is 618. The van der Waals surface area contributed by atoms with E-state index in [9.17, 15) is 5.11 Å². The number of hydrogen-bond donors (Lipinski definition) is 3. The Morgan fingerprint density at radius 1 is 1.53 bits per heavy atom. The van der Waals surface area contributed by atoms with Crippen LogP contribution in [-0.2, 0) is 4.74 Å². The van der Waals surface area contributed by atoms with E-state index in [0.717, 1.165) is 0 Å². The van der Waals surface area contributed by atoms with Crippen LogP contribution >= 0.6 is 15.9 Å². The Kier molecular flexibility index (Phi) is 3.13. The van der Waals surface area contributed by atoms with Crippen LogP contribution in [0.4, 0.5) is 5.82 Å². The van der Waals surface area contributed by atoms with Gasteiger partial charge in [0.15, 0.2) is 11.9 Å². The molecule has 19 heavy (non-hydrogen) atoms. The van der Waals surface area contributed by atoms with E-state index in [1.54, 1.807) is 0 Å². The topological polar surface area (TPSA) is 119 Å². The van der Waals surface area contributed by atoms with Crippen LogP contribution in [0, 0.1) is 0 Å². The molecule has 2 aromatic heterocycles. The van der Waals surface area contributed by atoms with Gasteiger partial charge in [0.2, 0.25) is 0 Å². The number of anilines is 1. The molecule has 0 amide bonds. The highest BCUT2D eigenvalue weighted by Crippen LogP contribution is 2.33. The van der Waals surface area contributed by atoms with E-state index >= 15 is 0 Å². The number of halogens is 1. The van der Waals surface area contributed by atoms with Gasteiger partial charge in [0.1, 0.15) is 22.9 Å². The Hall–Kier alpha value is -1.29. The first-order chi connectivity index (χ1) is 9.11. The molecule has 0 saturated carbocycles. The number of aliphatic hydroxyl groups is 2. The van der Waals surface area contributed by atoms with E-state index in [1.807, 2.05) is 0 Å². The molecule has 8 nitrogen and oxygen atoms in total. The number of fused-ring (bicyclic) bond motifs is 1. The molecule has 4 N–H and O–H groups in total. The van der Waals surface area contributed by atoms with Crippen LogP contribution < -0.4 is 5.73 Å². The molecule has 1 aliphatic rings. The minimum Gasteiger partial charge on any atom is -0.394 e. The first-order valence-corrected chi connectivity index (χ1v) is 6.49. The Morgan fingerprint density at radius 2 is 2.32 bits per heavy atom. The molecule has 0 aromatic carbocycles. The summed E-state index contributed by atoms with van der Waals surface area (Å²) in [5.41, 5.74) is 6.31. The maximum atomic E-state index is 9.76. The van der Waals surface area contributed by atoms with E-state index in [1.165, 1.54) is 11.0 Å². The number of nitrogen functional groups attached to an aromatic ring is 1. The van der Waals surface area contributed by atoms with Gasteiger partial charge in [-0.3, -0.25) is 0 Å². The zero-order chi connectivity index (χ0) is 13.6. The Morgan fingerprint density at radius 3 is 3.00 bits per heavy atom. The fourth-order valence-corrected chi connectivity index (χ4v) is 2.73. The van der Waals surface area contributed by atoms with E-state index in [2.05, 4.69) is 31.0 Å². The molecule has 3 atom stereocenters. The van der Waals surface area contributed by atoms with Gasteiger partial charge in [0, 0.05) is 6.42 Å². The Labute approximate surface area is 116 Å². The lowest BCUT2D eigenvalue weighted by atomic mass is 10.2. The maximum Gasteiger partial charge on any atom is 0.167 e. The van der Waals surface area contributed by atoms with E-state index in [0.29, 0.717) is 27.9 Å². The van der Waals surface area contributed by atoms with Crippen LogP contribution in [0.15, 0.2) is 10.9 Å². The average Bonchev–Trinajstić information content (AvgIpc) is 2.91. The van der Waals surface area contributed by atoms with E-state index in [-0.39, 0.29) is 6.61 Å². The predicted octanol–water partition coefficient (Wildman–Crippen LogP) is -0.188. The van der Waals surface area contributed by atoms with Crippen LogP contribution in [0.1, 0.15) is 12.6 Å². The second-order valence-corrected chi connectivity index (χ2v) is 5.06. The van der Waals surface area contributed by atoms with Crippen LogP contribution in [0.5, 0.6) is 0 Å². The lowest BCUT2D eigenvalue weighted by Gasteiger charge is -2.12. The quantitative estimate of drug-likeness (QED) is 0.698. The third kappa shape index (κ3) is 1.98. The van der Waals surface area contributed by atoms with E-state index in [4.69, 9.17) is 15.6 Å². The number of nitrogens with two attached hydrogens (primary N) is 1. The van der Waals surface area contributed by atoms with Gasteiger partial charge in [-0.05, 0) is 15.9 Å². The molecule has 2 aromatic rings. The lowest BCUT2D eigenvalue weighted by molar-refractivity contribution is -0.0471. The first kappa shape index (κ1) is 12.7. The molecule has 1 aliphatic heterocycles. The molecule has 9 heteroatoms. The highest BCUT2D eigenvalue weighted by atomic mass is 79.9. The molecule has 0 spiro atoms. The largest absolute Gasteiger partial charge is 0.394 e. The number of rotatable bonds is 2. The highest BCUT2D eigenvalue weighted by Gasteiger charge is 2.36. The second-order valence-electron chi connectivity index (χ2n) is 4.31. The van der Waals surface area contributed by atoms with Gasteiger partial charge in [-0.25, -0.2) is 14.6 Å². The molecule has 0 unspecified atom stereocenters. The third-order valence-electron chi connectivity index (χ3n) is 3.13. The van der Waals surface area contributed by atoms with Crippen LogP contribution in [0.2, 0.25) is 0 Å². The molecule has 1 saturated heterocycles. The zero-order valence-corrected chi connectivity index (χ0v) is 11.4. The minimum atomic E-state index is -0.729. The summed E-state index contributed by atoms with van der Waals surface area (Å²) >= 11 is 3.30. The molecule has 0 radical (unpaired) electrons. The summed E-state index contributed by atoms with van der Waals surface area (Å²) in [6, 6.07) is 0.